The van der Waals surface area contributed by atoms with Gasteiger partial charge in [-0.2, -0.15) is 43.5 Å². The van der Waals surface area contributed by atoms with Crippen LogP contribution < -0.4 is 0 Å². The third-order valence-electron chi connectivity index (χ3n) is 13.8. The summed E-state index contributed by atoms with van der Waals surface area (Å²) in [6, 6.07) is 24.4. The molecule has 0 fully saturated rings. The van der Waals surface area contributed by atoms with E-state index < -0.39 is 16.8 Å². The summed E-state index contributed by atoms with van der Waals surface area (Å²) in [5, 5.41) is 39.3. The van der Waals surface area contributed by atoms with Crippen LogP contribution in [0.3, 0.4) is 0 Å². The van der Waals surface area contributed by atoms with Gasteiger partial charge in [-0.3, -0.25) is 19.5 Å². The number of hydrogen-bond donors (Lipinski definition) is 0. The summed E-state index contributed by atoms with van der Waals surface area (Å²) in [5.74, 6) is 1.67. The molecule has 0 radical (unpaired) electrons. The average molecular weight is 1700 g/mol. The Morgan fingerprint density at radius 1 is 0.538 bits per heavy atom. The van der Waals surface area contributed by atoms with Gasteiger partial charge in [-0.05, 0) is 176 Å². The Morgan fingerprint density at radius 3 is 1.32 bits per heavy atom. The Hall–Kier alpha value is -6.29. The number of benzene rings is 2. The molecule has 11 aromatic heterocycles. The van der Waals surface area contributed by atoms with Crippen molar-refractivity contribution in [1.29, 1.82) is 0 Å². The Labute approximate surface area is 667 Å². The van der Waals surface area contributed by atoms with Crippen LogP contribution >= 0.6 is 161 Å². The van der Waals surface area contributed by atoms with E-state index in [1.54, 1.807) is 83.8 Å². The summed E-state index contributed by atoms with van der Waals surface area (Å²) in [6.45, 7) is 31.9. The van der Waals surface area contributed by atoms with Crippen molar-refractivity contribution in [3.05, 3.63) is 238 Å². The zero-order valence-corrected chi connectivity index (χ0v) is 71.5. The van der Waals surface area contributed by atoms with Crippen LogP contribution in [-0.2, 0) is 27.3 Å². The fourth-order valence-corrected chi connectivity index (χ4v) is 13.6. The number of thiazole rings is 3. The third kappa shape index (κ3) is 30.5. The van der Waals surface area contributed by atoms with E-state index in [0.29, 0.717) is 45.1 Å². The van der Waals surface area contributed by atoms with Crippen molar-refractivity contribution in [2.24, 2.45) is 21.1 Å². The molecule has 0 saturated carbocycles. The number of hydrogen-bond acceptors (Lipinski definition) is 20. The highest BCUT2D eigenvalue weighted by Gasteiger charge is 2.38. The van der Waals surface area contributed by atoms with Gasteiger partial charge in [0, 0.05) is 70.6 Å². The number of aryl methyl sites for hydroxylation is 17. The second-order valence-corrected chi connectivity index (χ2v) is 31.7. The van der Waals surface area contributed by atoms with E-state index in [9.17, 15) is 23.3 Å². The molecule has 37 heteroatoms. The second kappa shape index (κ2) is 44.7. The van der Waals surface area contributed by atoms with Gasteiger partial charge < -0.3 is 8.98 Å². The van der Waals surface area contributed by atoms with E-state index in [1.165, 1.54) is 77.5 Å². The van der Waals surface area contributed by atoms with Crippen molar-refractivity contribution >= 4 is 167 Å². The van der Waals surface area contributed by atoms with Crippen molar-refractivity contribution in [1.82, 2.24) is 78.4 Å². The van der Waals surface area contributed by atoms with Gasteiger partial charge in [-0.25, -0.2) is 24.6 Å². The second-order valence-electron chi connectivity index (χ2n) is 21.6. The number of nitrogens with zero attached hydrogens (tertiary/aromatic N) is 17. The standard InChI is InChI=1S/C11H8ClF3N2.C10H11N3.C6H9ClN2S.C6H9N3O2.C6H9NO.C6H9N.C5H6ClNS.C5H5ClS.2C4H3Cl2NS.C4H6N2S/c1-7-9(11(13,14)15)16-17(10(7)12)8-5-3-2-4-6-8;1-8-9(2)12-13(11-8)10-6-4-3-5-7-10;1-4-5(7)8-9(2)6(4)10-3;1-4-6(9(10)11)5(2)8(3)7-4;1-4-5(2)8-6(3)7-4;1-6-4-3-5-7(6)2;1-3-4(2)8-5(6)7-3;1-4-5(6)2-3-7-4;1-2-3(5)7-4(6)8-2;1-2-3(5)8-4(6)7-2;1-3-4(2)7-6-5-3/h2-6H,1H3;3-7H,1-2H3;1-3H3;1-3H3;1-3H3;3-5H,1-2H3;1-2H3;2-3H,1H3;2*1H3;1-2H3. The molecular formula is C67H78Cl8F3N17O3S6. The molecule has 0 N–H and O–H groups in total. The number of rotatable bonds is 4. The lowest BCUT2D eigenvalue weighted by Crippen LogP contribution is -2.08. The quantitative estimate of drug-likeness (QED) is 0.0908. The number of nitro groups is 1. The fourth-order valence-electron chi connectivity index (χ4n) is 7.46. The smallest absolute Gasteiger partial charge is 0.435 e. The molecule has 0 bridgehead atoms. The molecule has 0 aliphatic carbocycles. The van der Waals surface area contributed by atoms with Crippen LogP contribution in [0.1, 0.15) is 99.2 Å². The molecule has 0 atom stereocenters. The predicted octanol–water partition coefficient (Wildman–Crippen LogP) is 23.5. The number of aromatic nitrogens is 16. The van der Waals surface area contributed by atoms with Gasteiger partial charge >= 0.3 is 11.9 Å². The van der Waals surface area contributed by atoms with Gasteiger partial charge in [0.25, 0.3) is 0 Å². The van der Waals surface area contributed by atoms with E-state index in [4.69, 9.17) is 97.2 Å². The summed E-state index contributed by atoms with van der Waals surface area (Å²) >= 11 is 53.9. The first kappa shape index (κ1) is 91.9. The van der Waals surface area contributed by atoms with Gasteiger partial charge in [0.05, 0.1) is 60.5 Å². The number of halogens is 11. The minimum absolute atomic E-state index is 0.0245. The van der Waals surface area contributed by atoms with E-state index in [-0.39, 0.29) is 16.4 Å². The van der Waals surface area contributed by atoms with Gasteiger partial charge in [0.1, 0.15) is 31.8 Å². The first-order chi connectivity index (χ1) is 48.6. The Balaban J connectivity index is 0.000000301. The van der Waals surface area contributed by atoms with Crippen molar-refractivity contribution in [3.8, 4) is 11.4 Å². The molecule has 20 nitrogen and oxygen atoms in total. The number of para-hydroxylation sites is 2. The Morgan fingerprint density at radius 2 is 1.09 bits per heavy atom. The molecule has 2 aromatic carbocycles. The molecule has 0 aliphatic heterocycles. The largest absolute Gasteiger partial charge is 0.446 e. The van der Waals surface area contributed by atoms with Crippen LogP contribution in [0.4, 0.5) is 18.9 Å². The highest BCUT2D eigenvalue weighted by Crippen LogP contribution is 2.35. The molecule has 13 aromatic rings. The van der Waals surface area contributed by atoms with Crippen LogP contribution in [0.2, 0.25) is 38.2 Å². The predicted molar refractivity (Wildman–Crippen MR) is 428 cm³/mol. The molecule has 0 aliphatic rings. The minimum atomic E-state index is -4.49. The molecular weight excluding hydrogens is 1620 g/mol. The number of alkyl halides is 3. The van der Waals surface area contributed by atoms with Crippen LogP contribution in [0.5, 0.6) is 0 Å². The zero-order chi connectivity index (χ0) is 78.6. The molecule has 104 heavy (non-hydrogen) atoms. The fraction of sp³-hybridized carbons (Fsp3) is 0.328. The number of thiophene rings is 1. The first-order valence-corrected chi connectivity index (χ1v) is 38.8. The molecule has 0 unspecified atom stereocenters. The van der Waals surface area contributed by atoms with E-state index >= 15 is 0 Å². The number of oxazole rings is 1. The zero-order valence-electron chi connectivity index (χ0n) is 60.6. The van der Waals surface area contributed by atoms with Gasteiger partial charge in [0.2, 0.25) is 0 Å². The van der Waals surface area contributed by atoms with Gasteiger partial charge in [-0.1, -0.05) is 145 Å². The molecule has 13 rings (SSSR count). The minimum Gasteiger partial charge on any atom is -0.446 e. The molecule has 0 saturated heterocycles. The lowest BCUT2D eigenvalue weighted by atomic mass is 10.3. The topological polar surface area (TPSA) is 223 Å². The van der Waals surface area contributed by atoms with Crippen molar-refractivity contribution < 1.29 is 22.5 Å². The van der Waals surface area contributed by atoms with Crippen LogP contribution in [0.15, 0.2) is 99.9 Å². The first-order valence-electron chi connectivity index (χ1n) is 30.4. The molecule has 11 heterocycles. The van der Waals surface area contributed by atoms with E-state index in [2.05, 4.69) is 72.6 Å². The lowest BCUT2D eigenvalue weighted by molar-refractivity contribution is -0.386. The summed E-state index contributed by atoms with van der Waals surface area (Å²) < 4.78 is 55.5. The van der Waals surface area contributed by atoms with Crippen LogP contribution in [-0.4, -0.2) is 89.6 Å². The third-order valence-corrected chi connectivity index (χ3v) is 21.9. The van der Waals surface area contributed by atoms with Gasteiger partial charge in [0.15, 0.2) is 30.1 Å². The lowest BCUT2D eigenvalue weighted by Gasteiger charge is -2.03. The molecule has 0 amide bonds. The van der Waals surface area contributed by atoms with Crippen molar-refractivity contribution in [2.75, 3.05) is 6.26 Å². The summed E-state index contributed by atoms with van der Waals surface area (Å²) in [7, 11) is 5.62. The molecule has 562 valence electrons. The van der Waals surface area contributed by atoms with E-state index in [0.717, 1.165) is 76.7 Å². The van der Waals surface area contributed by atoms with E-state index in [1.807, 2.05) is 164 Å². The Bertz CT molecular complexity index is 4330. The van der Waals surface area contributed by atoms with Crippen molar-refractivity contribution in [3.63, 3.8) is 0 Å². The van der Waals surface area contributed by atoms with Crippen LogP contribution in [0, 0.1) is 128 Å². The van der Waals surface area contributed by atoms with Crippen LogP contribution in [0.25, 0.3) is 11.4 Å². The normalized spacial score (nSPS) is 10.2. The SMILES string of the molecule is CSc1c(C)c(Cl)nn1C.Cc1c(C(F)(F)F)nn(-c2ccccc2)c1Cl.Cc1cccn1C.Cc1nc(C)c(C)o1.Cc1nc(Cl)sc1C.Cc1nc(Cl)sc1Cl.Cc1nn(-c2ccccc2)nc1C.Cc1nn(C)c(C)c1[N+](=O)[O-].Cc1nnsc1C.Cc1sc(Cl)nc1Cl.Cc1sccc1Cl. The highest BCUT2D eigenvalue weighted by atomic mass is 35.5. The molecule has 0 spiro atoms. The summed E-state index contributed by atoms with van der Waals surface area (Å²) in [5.41, 5.74) is 9.86. The highest BCUT2D eigenvalue weighted by molar-refractivity contribution is 7.98. The monoisotopic (exact) mass is 1700 g/mol. The van der Waals surface area contributed by atoms with Gasteiger partial charge in [-0.15, -0.1) is 50.9 Å². The van der Waals surface area contributed by atoms with Crippen molar-refractivity contribution in [2.45, 2.75) is 129 Å². The summed E-state index contributed by atoms with van der Waals surface area (Å²) in [4.78, 5) is 31.9. The maximum atomic E-state index is 12.6. The summed E-state index contributed by atoms with van der Waals surface area (Å²) in [6.07, 6.45) is -0.441. The maximum absolute atomic E-state index is 12.6. The maximum Gasteiger partial charge on any atom is 0.435 e. The Kier molecular flexibility index (Phi) is 39.5. The average Bonchev–Trinajstić information content (AvgIpc) is 1.65. The number of thioether (sulfide) groups is 1.